The summed E-state index contributed by atoms with van der Waals surface area (Å²) in [5, 5.41) is 10.9. The lowest BCUT2D eigenvalue weighted by Gasteiger charge is -2.50. The van der Waals surface area contributed by atoms with Gasteiger partial charge in [0.1, 0.15) is 11.1 Å². The molecule has 2 aliphatic heterocycles. The Balaban J connectivity index is 1.58. The maximum Gasteiger partial charge on any atom is 0.410 e. The second-order valence-corrected chi connectivity index (χ2v) is 9.95. The van der Waals surface area contributed by atoms with Gasteiger partial charge >= 0.3 is 6.09 Å². The van der Waals surface area contributed by atoms with E-state index in [4.69, 9.17) is 16.3 Å². The smallest absolute Gasteiger partial charge is 0.410 e. The zero-order valence-corrected chi connectivity index (χ0v) is 19.3. The Hall–Kier alpha value is -1.81. The van der Waals surface area contributed by atoms with Crippen LogP contribution in [0.15, 0.2) is 24.3 Å². The third-order valence-corrected chi connectivity index (χ3v) is 6.29. The maximum absolute atomic E-state index is 12.4. The summed E-state index contributed by atoms with van der Waals surface area (Å²) >= 11 is 5.98. The van der Waals surface area contributed by atoms with Crippen LogP contribution in [-0.2, 0) is 11.3 Å². The first kappa shape index (κ1) is 22.9. The van der Waals surface area contributed by atoms with Crippen LogP contribution in [0, 0.1) is 11.3 Å². The third-order valence-electron chi connectivity index (χ3n) is 6.04. The molecule has 3 rings (SSSR count). The highest BCUT2D eigenvalue weighted by Crippen LogP contribution is 2.32. The van der Waals surface area contributed by atoms with Crippen molar-refractivity contribution < 1.29 is 9.53 Å². The number of nitriles is 1. The Morgan fingerprint density at radius 1 is 1.20 bits per heavy atom. The second kappa shape index (κ2) is 9.13. The van der Waals surface area contributed by atoms with Gasteiger partial charge in [-0.25, -0.2) is 4.79 Å². The van der Waals surface area contributed by atoms with E-state index in [9.17, 15) is 10.1 Å². The van der Waals surface area contributed by atoms with Crippen LogP contribution in [0.1, 0.15) is 46.1 Å². The van der Waals surface area contributed by atoms with Crippen molar-refractivity contribution in [1.29, 1.82) is 5.26 Å². The average Bonchev–Trinajstić information content (AvgIpc) is 2.69. The lowest BCUT2D eigenvalue weighted by atomic mass is 9.85. The van der Waals surface area contributed by atoms with Crippen LogP contribution in [0.3, 0.4) is 0 Å². The number of carbonyl (C=O) groups is 1. The summed E-state index contributed by atoms with van der Waals surface area (Å²) in [6.07, 6.45) is 1.36. The highest BCUT2D eigenvalue weighted by molar-refractivity contribution is 6.30. The molecule has 2 aliphatic rings. The van der Waals surface area contributed by atoms with Gasteiger partial charge in [0.2, 0.25) is 0 Å². The molecule has 1 atom stereocenters. The number of piperidine rings is 1. The highest BCUT2D eigenvalue weighted by Gasteiger charge is 2.44. The molecule has 0 spiro atoms. The maximum atomic E-state index is 12.4. The number of rotatable bonds is 3. The molecule has 164 valence electrons. The van der Waals surface area contributed by atoms with E-state index in [0.29, 0.717) is 19.6 Å². The predicted molar refractivity (Wildman–Crippen MR) is 118 cm³/mol. The van der Waals surface area contributed by atoms with Crippen molar-refractivity contribution in [2.45, 2.75) is 64.3 Å². The molecule has 0 bridgehead atoms. The topological polar surface area (TPSA) is 59.8 Å². The summed E-state index contributed by atoms with van der Waals surface area (Å²) in [6, 6.07) is 10.7. The van der Waals surface area contributed by atoms with Crippen LogP contribution >= 0.6 is 11.6 Å². The zero-order chi connectivity index (χ0) is 21.9. The molecule has 0 aliphatic carbocycles. The first-order chi connectivity index (χ1) is 14.1. The van der Waals surface area contributed by atoms with Gasteiger partial charge in [-0.2, -0.15) is 5.26 Å². The quantitative estimate of drug-likeness (QED) is 0.718. The fraction of sp³-hybridized carbons (Fsp3) is 0.652. The lowest BCUT2D eigenvalue weighted by molar-refractivity contribution is -0.0277. The van der Waals surface area contributed by atoms with Crippen molar-refractivity contribution in [3.63, 3.8) is 0 Å². The number of likely N-dealkylation sites (tertiary alicyclic amines) is 1. The van der Waals surface area contributed by atoms with Crippen molar-refractivity contribution in [3.05, 3.63) is 34.9 Å². The summed E-state index contributed by atoms with van der Waals surface area (Å²) in [5.41, 5.74) is 0.279. The predicted octanol–water partition coefficient (Wildman–Crippen LogP) is 4.14. The number of hydrogen-bond acceptors (Lipinski definition) is 5. The number of nitrogens with zero attached hydrogens (tertiary/aromatic N) is 4. The van der Waals surface area contributed by atoms with Gasteiger partial charge in [-0.15, -0.1) is 0 Å². The lowest BCUT2D eigenvalue weighted by Crippen LogP contribution is -2.64. The number of benzene rings is 1. The number of carbonyl (C=O) groups excluding carboxylic acids is 1. The van der Waals surface area contributed by atoms with Crippen molar-refractivity contribution >= 4 is 17.7 Å². The van der Waals surface area contributed by atoms with Crippen molar-refractivity contribution in [2.24, 2.45) is 0 Å². The summed E-state index contributed by atoms with van der Waals surface area (Å²) in [4.78, 5) is 18.9. The van der Waals surface area contributed by atoms with Crippen LogP contribution in [0.5, 0.6) is 0 Å². The second-order valence-electron chi connectivity index (χ2n) is 9.51. The normalized spacial score (nSPS) is 23.1. The van der Waals surface area contributed by atoms with E-state index >= 15 is 0 Å². The van der Waals surface area contributed by atoms with Crippen LogP contribution in [0.4, 0.5) is 4.79 Å². The van der Waals surface area contributed by atoms with Crippen molar-refractivity contribution in [2.75, 3.05) is 32.7 Å². The number of halogens is 1. The summed E-state index contributed by atoms with van der Waals surface area (Å²) < 4.78 is 5.52. The van der Waals surface area contributed by atoms with Crippen LogP contribution in [0.25, 0.3) is 0 Å². The fourth-order valence-electron chi connectivity index (χ4n) is 4.48. The Labute approximate surface area is 185 Å². The molecule has 6 nitrogen and oxygen atoms in total. The molecule has 1 aromatic carbocycles. The van der Waals surface area contributed by atoms with Crippen LogP contribution in [-0.4, -0.2) is 70.7 Å². The van der Waals surface area contributed by atoms with E-state index in [2.05, 4.69) is 34.9 Å². The molecule has 2 heterocycles. The molecule has 2 fully saturated rings. The number of amides is 1. The number of hydrogen-bond donors (Lipinski definition) is 0. The molecule has 1 aromatic rings. The molecular weight excluding hydrogens is 400 g/mol. The van der Waals surface area contributed by atoms with Gasteiger partial charge in [0.15, 0.2) is 0 Å². The van der Waals surface area contributed by atoms with E-state index in [1.165, 1.54) is 5.56 Å². The summed E-state index contributed by atoms with van der Waals surface area (Å²) in [6.45, 7) is 12.3. The number of piperazine rings is 1. The molecule has 1 amide bonds. The van der Waals surface area contributed by atoms with E-state index < -0.39 is 11.1 Å². The molecular formula is C23H33ClN4O2. The zero-order valence-electron chi connectivity index (χ0n) is 18.5. The minimum Gasteiger partial charge on any atom is -0.444 e. The van der Waals surface area contributed by atoms with E-state index in [-0.39, 0.29) is 12.1 Å². The van der Waals surface area contributed by atoms with E-state index in [1.54, 1.807) is 4.90 Å². The van der Waals surface area contributed by atoms with E-state index in [1.807, 2.05) is 32.9 Å². The fourth-order valence-corrected chi connectivity index (χ4v) is 4.60. The molecule has 0 N–H and O–H groups in total. The minimum atomic E-state index is -0.498. The molecule has 30 heavy (non-hydrogen) atoms. The molecule has 0 unspecified atom stereocenters. The Morgan fingerprint density at radius 3 is 2.37 bits per heavy atom. The first-order valence-electron chi connectivity index (χ1n) is 10.7. The molecule has 7 heteroatoms. The van der Waals surface area contributed by atoms with Gasteiger partial charge in [0.05, 0.1) is 6.07 Å². The van der Waals surface area contributed by atoms with Gasteiger partial charge in [-0.1, -0.05) is 23.7 Å². The molecule has 0 saturated carbocycles. The Bertz CT molecular complexity index is 776. The van der Waals surface area contributed by atoms with Gasteiger partial charge in [0, 0.05) is 50.3 Å². The summed E-state index contributed by atoms with van der Waals surface area (Å²) in [5.74, 6) is 0. The van der Waals surface area contributed by atoms with Gasteiger partial charge < -0.3 is 9.64 Å². The van der Waals surface area contributed by atoms with Crippen LogP contribution in [0.2, 0.25) is 5.02 Å². The van der Waals surface area contributed by atoms with Crippen molar-refractivity contribution in [1.82, 2.24) is 14.7 Å². The SMILES string of the molecule is C[C@H]1CN(C(=O)OC(C)(C)C)CCN1C1(C#N)CCN(Cc2ccc(Cl)cc2)CC1. The average molecular weight is 433 g/mol. The Morgan fingerprint density at radius 2 is 1.83 bits per heavy atom. The summed E-state index contributed by atoms with van der Waals surface area (Å²) in [7, 11) is 0. The standard InChI is InChI=1S/C23H33ClN4O2/c1-18-15-27(21(29)30-22(2,3)4)13-14-28(18)23(17-25)9-11-26(12-10-23)16-19-5-7-20(24)8-6-19/h5-8,18H,9-16H2,1-4H3/t18-/m0/s1. The van der Waals surface area contributed by atoms with E-state index in [0.717, 1.165) is 37.5 Å². The van der Waals surface area contributed by atoms with Gasteiger partial charge in [0.25, 0.3) is 0 Å². The molecule has 2 saturated heterocycles. The largest absolute Gasteiger partial charge is 0.444 e. The van der Waals surface area contributed by atoms with Crippen molar-refractivity contribution in [3.8, 4) is 6.07 Å². The number of ether oxygens (including phenoxy) is 1. The van der Waals surface area contributed by atoms with Gasteiger partial charge in [-0.05, 0) is 58.2 Å². The third kappa shape index (κ3) is 5.46. The Kier molecular flexibility index (Phi) is 6.96. The minimum absolute atomic E-state index is 0.119. The molecule has 0 radical (unpaired) electrons. The van der Waals surface area contributed by atoms with Gasteiger partial charge in [-0.3, -0.25) is 9.80 Å². The highest BCUT2D eigenvalue weighted by atomic mass is 35.5. The monoisotopic (exact) mass is 432 g/mol. The first-order valence-corrected chi connectivity index (χ1v) is 11.1. The van der Waals surface area contributed by atoms with Crippen LogP contribution < -0.4 is 0 Å². The molecule has 0 aromatic heterocycles.